The Balaban J connectivity index is 3.13. The van der Waals surface area contributed by atoms with E-state index in [-0.39, 0.29) is 5.70 Å². The van der Waals surface area contributed by atoms with Gasteiger partial charge in [0.15, 0.2) is 6.08 Å². The maximum atomic E-state index is 10.4. The van der Waals surface area contributed by atoms with Gasteiger partial charge in [-0.2, -0.15) is 5.26 Å². The summed E-state index contributed by atoms with van der Waals surface area (Å²) in [6.45, 7) is 0. The van der Waals surface area contributed by atoms with Crippen molar-refractivity contribution in [3.63, 3.8) is 0 Å². The molecule has 0 aromatic heterocycles. The molecule has 0 atom stereocenters. The molecular formula is C9H5N2O2. The van der Waals surface area contributed by atoms with Crippen molar-refractivity contribution in [2.75, 3.05) is 0 Å². The second-order valence-corrected chi connectivity index (χ2v) is 2.21. The minimum absolute atomic E-state index is 0.303. The highest BCUT2D eigenvalue weighted by atomic mass is 16.6. The second-order valence-electron chi connectivity index (χ2n) is 2.21. The van der Waals surface area contributed by atoms with Crippen molar-refractivity contribution in [1.29, 1.82) is 5.26 Å². The van der Waals surface area contributed by atoms with Crippen LogP contribution in [0, 0.1) is 27.5 Å². The van der Waals surface area contributed by atoms with Gasteiger partial charge in [0.05, 0.1) is 10.5 Å². The standard InChI is InChI=1S/C9H5N2O2/c10-7-6-9(11(12)13)8-4-2-1-3-5-8/h1-5H. The van der Waals surface area contributed by atoms with E-state index in [1.807, 2.05) is 6.08 Å². The van der Waals surface area contributed by atoms with E-state index in [4.69, 9.17) is 5.26 Å². The summed E-state index contributed by atoms with van der Waals surface area (Å²) in [6.07, 6.45) is 2.02. The van der Waals surface area contributed by atoms with E-state index in [1.54, 1.807) is 30.3 Å². The Hall–Kier alpha value is -2.15. The lowest BCUT2D eigenvalue weighted by Crippen LogP contribution is -1.97. The third-order valence-electron chi connectivity index (χ3n) is 1.40. The van der Waals surface area contributed by atoms with Gasteiger partial charge < -0.3 is 0 Å². The molecule has 0 spiro atoms. The van der Waals surface area contributed by atoms with Crippen molar-refractivity contribution in [3.05, 3.63) is 52.1 Å². The lowest BCUT2D eigenvalue weighted by atomic mass is 10.1. The van der Waals surface area contributed by atoms with Crippen LogP contribution in [0.15, 0.2) is 30.3 Å². The van der Waals surface area contributed by atoms with Crippen molar-refractivity contribution >= 4 is 5.70 Å². The molecule has 0 saturated carbocycles. The average Bonchev–Trinajstić information content (AvgIpc) is 2.15. The summed E-state index contributed by atoms with van der Waals surface area (Å²) in [4.78, 5) is 9.82. The first-order valence-corrected chi connectivity index (χ1v) is 3.47. The number of nitrogens with zero attached hydrogens (tertiary/aromatic N) is 2. The van der Waals surface area contributed by atoms with Crippen LogP contribution in [0.3, 0.4) is 0 Å². The summed E-state index contributed by atoms with van der Waals surface area (Å²) >= 11 is 0. The van der Waals surface area contributed by atoms with Gasteiger partial charge in [0.2, 0.25) is 0 Å². The molecule has 0 bridgehead atoms. The Bertz CT molecular complexity index is 376. The first kappa shape index (κ1) is 8.94. The molecule has 4 nitrogen and oxygen atoms in total. The molecule has 0 aliphatic carbocycles. The summed E-state index contributed by atoms with van der Waals surface area (Å²) < 4.78 is 0. The van der Waals surface area contributed by atoms with Gasteiger partial charge in [0, 0.05) is 0 Å². The number of hydrogen-bond acceptors (Lipinski definition) is 3. The van der Waals surface area contributed by atoms with Crippen LogP contribution in [0.1, 0.15) is 5.56 Å². The number of hydrogen-bond donors (Lipinski definition) is 0. The summed E-state index contributed by atoms with van der Waals surface area (Å²) in [6, 6.07) is 9.71. The van der Waals surface area contributed by atoms with Crippen molar-refractivity contribution in [3.8, 4) is 6.07 Å². The zero-order valence-electron chi connectivity index (χ0n) is 6.60. The normalized spacial score (nSPS) is 10.5. The van der Waals surface area contributed by atoms with Crippen LogP contribution in [-0.4, -0.2) is 4.92 Å². The number of benzene rings is 1. The van der Waals surface area contributed by atoms with Crippen LogP contribution >= 0.6 is 0 Å². The topological polar surface area (TPSA) is 66.9 Å². The van der Waals surface area contributed by atoms with Crippen LogP contribution in [0.25, 0.3) is 5.70 Å². The third-order valence-corrected chi connectivity index (χ3v) is 1.40. The van der Waals surface area contributed by atoms with Crippen molar-refractivity contribution in [2.45, 2.75) is 0 Å². The zero-order valence-corrected chi connectivity index (χ0v) is 6.60. The quantitative estimate of drug-likeness (QED) is 0.387. The van der Waals surface area contributed by atoms with E-state index in [2.05, 4.69) is 0 Å². The van der Waals surface area contributed by atoms with Gasteiger partial charge in [0.1, 0.15) is 6.07 Å². The SMILES string of the molecule is N#C[C]=C(c1ccccc1)[N+](=O)[O-]. The molecule has 0 amide bonds. The predicted octanol–water partition coefficient (Wildman–Crippen LogP) is 1.63. The molecule has 1 aromatic rings. The van der Waals surface area contributed by atoms with Crippen LogP contribution in [0.4, 0.5) is 0 Å². The van der Waals surface area contributed by atoms with E-state index in [0.717, 1.165) is 0 Å². The minimum atomic E-state index is -0.626. The first-order chi connectivity index (χ1) is 6.25. The van der Waals surface area contributed by atoms with Crippen LogP contribution in [-0.2, 0) is 0 Å². The van der Waals surface area contributed by atoms with Gasteiger partial charge >= 0.3 is 0 Å². The van der Waals surface area contributed by atoms with E-state index >= 15 is 0 Å². The Morgan fingerprint density at radius 2 is 2.00 bits per heavy atom. The molecule has 0 heterocycles. The Kier molecular flexibility index (Phi) is 2.77. The van der Waals surface area contributed by atoms with E-state index in [9.17, 15) is 10.1 Å². The Morgan fingerprint density at radius 3 is 2.46 bits per heavy atom. The molecule has 0 aliphatic rings. The number of nitriles is 1. The van der Waals surface area contributed by atoms with Gasteiger partial charge in [-0.25, -0.2) is 0 Å². The number of nitro groups is 1. The van der Waals surface area contributed by atoms with E-state index < -0.39 is 4.92 Å². The highest BCUT2D eigenvalue weighted by Gasteiger charge is 2.12. The molecular weight excluding hydrogens is 168 g/mol. The predicted molar refractivity (Wildman–Crippen MR) is 45.7 cm³/mol. The van der Waals surface area contributed by atoms with Gasteiger partial charge in [-0.05, 0) is 12.1 Å². The fourth-order valence-electron chi connectivity index (χ4n) is 0.872. The maximum Gasteiger partial charge on any atom is 0.295 e. The molecule has 0 saturated heterocycles. The van der Waals surface area contributed by atoms with Crippen LogP contribution < -0.4 is 0 Å². The Labute approximate surface area is 74.9 Å². The lowest BCUT2D eigenvalue weighted by molar-refractivity contribution is -0.375. The molecule has 0 aliphatic heterocycles. The average molecular weight is 173 g/mol. The molecule has 1 aromatic carbocycles. The van der Waals surface area contributed by atoms with Crippen LogP contribution in [0.2, 0.25) is 0 Å². The Morgan fingerprint density at radius 1 is 1.38 bits per heavy atom. The smallest absolute Gasteiger partial charge is 0.258 e. The highest BCUT2D eigenvalue weighted by molar-refractivity contribution is 5.57. The number of allylic oxidation sites excluding steroid dienone is 1. The summed E-state index contributed by atoms with van der Waals surface area (Å²) in [7, 11) is 0. The van der Waals surface area contributed by atoms with E-state index in [0.29, 0.717) is 5.56 Å². The number of rotatable bonds is 2. The third kappa shape index (κ3) is 2.14. The van der Waals surface area contributed by atoms with Crippen molar-refractivity contribution in [1.82, 2.24) is 0 Å². The monoisotopic (exact) mass is 173 g/mol. The maximum absolute atomic E-state index is 10.4. The van der Waals surface area contributed by atoms with E-state index in [1.165, 1.54) is 6.07 Å². The molecule has 0 fully saturated rings. The largest absolute Gasteiger partial charge is 0.295 e. The highest BCUT2D eigenvalue weighted by Crippen LogP contribution is 2.12. The molecule has 63 valence electrons. The fourth-order valence-corrected chi connectivity index (χ4v) is 0.872. The van der Waals surface area contributed by atoms with Gasteiger partial charge in [0.25, 0.3) is 5.70 Å². The van der Waals surface area contributed by atoms with Crippen molar-refractivity contribution in [2.24, 2.45) is 0 Å². The lowest BCUT2D eigenvalue weighted by Gasteiger charge is -1.94. The minimum Gasteiger partial charge on any atom is -0.258 e. The second kappa shape index (κ2) is 4.02. The molecule has 1 rings (SSSR count). The molecule has 0 N–H and O–H groups in total. The van der Waals surface area contributed by atoms with Crippen LogP contribution in [0.5, 0.6) is 0 Å². The molecule has 1 radical (unpaired) electrons. The van der Waals surface area contributed by atoms with Gasteiger partial charge in [-0.3, -0.25) is 10.1 Å². The summed E-state index contributed by atoms with van der Waals surface area (Å²) in [5.74, 6) is 0. The summed E-state index contributed by atoms with van der Waals surface area (Å²) in [5.41, 5.74) is 0.0807. The molecule has 13 heavy (non-hydrogen) atoms. The van der Waals surface area contributed by atoms with Crippen molar-refractivity contribution < 1.29 is 4.92 Å². The first-order valence-electron chi connectivity index (χ1n) is 3.47. The van der Waals surface area contributed by atoms with Gasteiger partial charge in [-0.1, -0.05) is 18.2 Å². The molecule has 0 unspecified atom stereocenters. The summed E-state index contributed by atoms with van der Waals surface area (Å²) in [5, 5.41) is 18.7. The van der Waals surface area contributed by atoms with Gasteiger partial charge in [-0.15, -0.1) is 0 Å². The fraction of sp³-hybridized carbons (Fsp3) is 0. The zero-order chi connectivity index (χ0) is 9.68. The molecule has 4 heteroatoms.